The van der Waals surface area contributed by atoms with Crippen LogP contribution in [0.1, 0.15) is 38.7 Å². The standard InChI is InChI=1S/C27H33N3O3/c1-18(2)25(27(32)30-16-6-7-17-30)29-24(31)15-14-22-21-8-4-5-9-23(21)28-26(22)19-10-12-20(33-3)13-11-19/h4-5,8-13,18,25,28H,6-7,14-17H2,1-3H3,(H,29,31)/t25-/m0/s1. The Bertz CT molecular complexity index is 1110. The summed E-state index contributed by atoms with van der Waals surface area (Å²) >= 11 is 0. The van der Waals surface area contributed by atoms with E-state index < -0.39 is 6.04 Å². The fourth-order valence-electron chi connectivity index (χ4n) is 4.60. The maximum Gasteiger partial charge on any atom is 0.245 e. The molecule has 0 aliphatic carbocycles. The molecule has 174 valence electrons. The lowest BCUT2D eigenvalue weighted by Gasteiger charge is -2.26. The van der Waals surface area contributed by atoms with Gasteiger partial charge in [0.15, 0.2) is 0 Å². The zero-order valence-electron chi connectivity index (χ0n) is 19.7. The molecule has 1 atom stereocenters. The first-order valence-electron chi connectivity index (χ1n) is 11.8. The number of aromatic nitrogens is 1. The number of benzene rings is 2. The summed E-state index contributed by atoms with van der Waals surface area (Å²) in [6.45, 7) is 5.55. The number of rotatable bonds is 8. The van der Waals surface area contributed by atoms with Crippen LogP contribution in [-0.2, 0) is 16.0 Å². The van der Waals surface area contributed by atoms with E-state index in [2.05, 4.69) is 22.4 Å². The Morgan fingerprint density at radius 3 is 2.42 bits per heavy atom. The van der Waals surface area contributed by atoms with Crippen molar-refractivity contribution in [3.63, 3.8) is 0 Å². The van der Waals surface area contributed by atoms with Gasteiger partial charge >= 0.3 is 0 Å². The highest BCUT2D eigenvalue weighted by molar-refractivity contribution is 5.92. The average molecular weight is 448 g/mol. The molecule has 1 fully saturated rings. The number of carbonyl (C=O) groups is 2. The van der Waals surface area contributed by atoms with Gasteiger partial charge in [-0.2, -0.15) is 0 Å². The highest BCUT2D eigenvalue weighted by Gasteiger charge is 2.30. The Morgan fingerprint density at radius 1 is 1.06 bits per heavy atom. The lowest BCUT2D eigenvalue weighted by molar-refractivity contribution is -0.136. The summed E-state index contributed by atoms with van der Waals surface area (Å²) in [5, 5.41) is 4.14. The molecule has 6 heteroatoms. The average Bonchev–Trinajstić information content (AvgIpc) is 3.49. The first-order valence-corrected chi connectivity index (χ1v) is 11.8. The molecule has 33 heavy (non-hydrogen) atoms. The fourth-order valence-corrected chi connectivity index (χ4v) is 4.60. The third-order valence-corrected chi connectivity index (χ3v) is 6.46. The van der Waals surface area contributed by atoms with E-state index in [0.717, 1.165) is 59.4 Å². The maximum absolute atomic E-state index is 12.9. The number of fused-ring (bicyclic) bond motifs is 1. The largest absolute Gasteiger partial charge is 0.497 e. The summed E-state index contributed by atoms with van der Waals surface area (Å²) < 4.78 is 5.29. The van der Waals surface area contributed by atoms with Gasteiger partial charge in [0.1, 0.15) is 11.8 Å². The molecule has 0 unspecified atom stereocenters. The highest BCUT2D eigenvalue weighted by atomic mass is 16.5. The van der Waals surface area contributed by atoms with Gasteiger partial charge < -0.3 is 19.9 Å². The number of amides is 2. The minimum absolute atomic E-state index is 0.0434. The summed E-state index contributed by atoms with van der Waals surface area (Å²) in [6, 6.07) is 15.6. The Balaban J connectivity index is 1.52. The van der Waals surface area contributed by atoms with Crippen molar-refractivity contribution >= 4 is 22.7 Å². The van der Waals surface area contributed by atoms with E-state index in [0.29, 0.717) is 12.8 Å². The first kappa shape index (κ1) is 22.9. The summed E-state index contributed by atoms with van der Waals surface area (Å²) in [7, 11) is 1.65. The van der Waals surface area contributed by atoms with Crippen LogP contribution in [0.25, 0.3) is 22.2 Å². The number of hydrogen-bond acceptors (Lipinski definition) is 3. The van der Waals surface area contributed by atoms with Gasteiger partial charge in [-0.25, -0.2) is 0 Å². The SMILES string of the molecule is COc1ccc(-c2[nH]c3ccccc3c2CCC(=O)N[C@H](C(=O)N2CCCC2)C(C)C)cc1. The van der Waals surface area contributed by atoms with Crippen molar-refractivity contribution in [2.24, 2.45) is 5.92 Å². The number of hydrogen-bond donors (Lipinski definition) is 2. The predicted octanol–water partition coefficient (Wildman–Crippen LogP) is 4.54. The van der Waals surface area contributed by atoms with Crippen molar-refractivity contribution in [1.29, 1.82) is 0 Å². The third-order valence-electron chi connectivity index (χ3n) is 6.46. The number of H-pyrrole nitrogens is 1. The Kier molecular flexibility index (Phi) is 7.02. The molecule has 3 aromatic rings. The summed E-state index contributed by atoms with van der Waals surface area (Å²) in [5.74, 6) is 0.803. The third kappa shape index (κ3) is 5.05. The van der Waals surface area contributed by atoms with Gasteiger partial charge in [0.05, 0.1) is 7.11 Å². The number of ether oxygens (including phenoxy) is 1. The zero-order valence-corrected chi connectivity index (χ0v) is 19.7. The number of nitrogens with one attached hydrogen (secondary N) is 2. The van der Waals surface area contributed by atoms with Gasteiger partial charge in [0.25, 0.3) is 0 Å². The van der Waals surface area contributed by atoms with E-state index in [-0.39, 0.29) is 17.7 Å². The van der Waals surface area contributed by atoms with Crippen molar-refractivity contribution in [3.05, 3.63) is 54.1 Å². The molecule has 0 bridgehead atoms. The molecule has 1 saturated heterocycles. The van der Waals surface area contributed by atoms with E-state index in [4.69, 9.17) is 4.74 Å². The number of likely N-dealkylation sites (tertiary alicyclic amines) is 1. The molecule has 1 aliphatic rings. The van der Waals surface area contributed by atoms with Crippen LogP contribution >= 0.6 is 0 Å². The van der Waals surface area contributed by atoms with Crippen molar-refractivity contribution in [2.45, 2.75) is 45.6 Å². The lowest BCUT2D eigenvalue weighted by atomic mass is 9.99. The van der Waals surface area contributed by atoms with Gasteiger partial charge in [-0.05, 0) is 66.6 Å². The summed E-state index contributed by atoms with van der Waals surface area (Å²) in [6.07, 6.45) is 2.99. The van der Waals surface area contributed by atoms with Gasteiger partial charge in [-0.1, -0.05) is 32.0 Å². The molecule has 2 heterocycles. The van der Waals surface area contributed by atoms with Crippen molar-refractivity contribution < 1.29 is 14.3 Å². The number of carbonyl (C=O) groups excluding carboxylic acids is 2. The molecule has 0 radical (unpaired) electrons. The number of para-hydroxylation sites is 1. The Hall–Kier alpha value is -3.28. The normalized spacial score (nSPS) is 14.6. The van der Waals surface area contributed by atoms with E-state index in [1.54, 1.807) is 7.11 Å². The van der Waals surface area contributed by atoms with Gasteiger partial charge in [-0.3, -0.25) is 9.59 Å². The van der Waals surface area contributed by atoms with Gasteiger partial charge in [0.2, 0.25) is 11.8 Å². The van der Waals surface area contributed by atoms with Crippen LogP contribution in [0.5, 0.6) is 5.75 Å². The predicted molar refractivity (Wildman–Crippen MR) is 131 cm³/mol. The van der Waals surface area contributed by atoms with Crippen LogP contribution in [-0.4, -0.2) is 47.9 Å². The zero-order chi connectivity index (χ0) is 23.4. The molecular weight excluding hydrogens is 414 g/mol. The summed E-state index contributed by atoms with van der Waals surface area (Å²) in [4.78, 5) is 31.3. The van der Waals surface area contributed by atoms with Crippen LogP contribution in [0, 0.1) is 5.92 Å². The van der Waals surface area contributed by atoms with Crippen LogP contribution in [0.2, 0.25) is 0 Å². The van der Waals surface area contributed by atoms with Crippen LogP contribution in [0.15, 0.2) is 48.5 Å². The van der Waals surface area contributed by atoms with Gasteiger partial charge in [-0.15, -0.1) is 0 Å². The molecule has 4 rings (SSSR count). The molecule has 0 spiro atoms. The molecule has 2 amide bonds. The quantitative estimate of drug-likeness (QED) is 0.532. The number of aromatic amines is 1. The Labute approximate surface area is 195 Å². The molecular formula is C27H33N3O3. The van der Waals surface area contributed by atoms with Gasteiger partial charge in [0, 0.05) is 36.1 Å². The second-order valence-corrected chi connectivity index (χ2v) is 9.07. The smallest absolute Gasteiger partial charge is 0.245 e. The molecule has 1 aromatic heterocycles. The van der Waals surface area contributed by atoms with E-state index in [1.807, 2.05) is 55.1 Å². The van der Waals surface area contributed by atoms with Crippen LogP contribution in [0.4, 0.5) is 0 Å². The minimum Gasteiger partial charge on any atom is -0.497 e. The van der Waals surface area contributed by atoms with Crippen molar-refractivity contribution in [3.8, 4) is 17.0 Å². The minimum atomic E-state index is -0.473. The fraction of sp³-hybridized carbons (Fsp3) is 0.407. The van der Waals surface area contributed by atoms with Crippen molar-refractivity contribution in [1.82, 2.24) is 15.2 Å². The molecule has 1 aliphatic heterocycles. The van der Waals surface area contributed by atoms with E-state index in [1.165, 1.54) is 0 Å². The lowest BCUT2D eigenvalue weighted by Crippen LogP contribution is -2.50. The monoisotopic (exact) mass is 447 g/mol. The topological polar surface area (TPSA) is 74.4 Å². The van der Waals surface area contributed by atoms with Crippen LogP contribution in [0.3, 0.4) is 0 Å². The highest BCUT2D eigenvalue weighted by Crippen LogP contribution is 2.32. The van der Waals surface area contributed by atoms with E-state index in [9.17, 15) is 9.59 Å². The Morgan fingerprint density at radius 2 is 1.76 bits per heavy atom. The van der Waals surface area contributed by atoms with E-state index >= 15 is 0 Å². The second-order valence-electron chi connectivity index (χ2n) is 9.07. The first-order chi connectivity index (χ1) is 16.0. The molecule has 2 N–H and O–H groups in total. The maximum atomic E-state index is 12.9. The second kappa shape index (κ2) is 10.1. The molecule has 6 nitrogen and oxygen atoms in total. The molecule has 0 saturated carbocycles. The van der Waals surface area contributed by atoms with Crippen molar-refractivity contribution in [2.75, 3.05) is 20.2 Å². The van der Waals surface area contributed by atoms with Crippen LogP contribution < -0.4 is 10.1 Å². The number of methoxy groups -OCH3 is 1. The number of aryl methyl sites for hydroxylation is 1. The molecule has 2 aromatic carbocycles. The number of nitrogens with zero attached hydrogens (tertiary/aromatic N) is 1. The summed E-state index contributed by atoms with van der Waals surface area (Å²) in [5.41, 5.74) is 4.22.